The molecule has 10 heteroatoms. The predicted molar refractivity (Wildman–Crippen MR) is 46.4 cm³/mol. The van der Waals surface area contributed by atoms with Crippen LogP contribution in [-0.4, -0.2) is 56.8 Å². The van der Waals surface area contributed by atoms with Gasteiger partial charge in [-0.2, -0.15) is 13.2 Å². The number of aliphatic hydroxyl groups is 2. The maximum absolute atomic E-state index is 12.2. The highest BCUT2D eigenvalue weighted by Gasteiger charge is 2.59. The van der Waals surface area contributed by atoms with Gasteiger partial charge in [0.2, 0.25) is 0 Å². The molecule has 0 heterocycles. The van der Waals surface area contributed by atoms with Gasteiger partial charge in [-0.05, 0) is 0 Å². The summed E-state index contributed by atoms with van der Waals surface area (Å²) < 4.78 is 60.0. The van der Waals surface area contributed by atoms with Gasteiger partial charge in [0.1, 0.15) is 4.75 Å². The molecular weight excluding hydrogens is 240 g/mol. The van der Waals surface area contributed by atoms with E-state index in [4.69, 9.17) is 10.2 Å². The van der Waals surface area contributed by atoms with Crippen molar-refractivity contribution in [2.24, 2.45) is 0 Å². The van der Waals surface area contributed by atoms with E-state index in [1.807, 2.05) is 0 Å². The molecule has 0 radical (unpaired) electrons. The summed E-state index contributed by atoms with van der Waals surface area (Å²) in [5.74, 6) is 0. The lowest BCUT2D eigenvalue weighted by Crippen LogP contribution is -2.54. The molecule has 0 amide bonds. The van der Waals surface area contributed by atoms with Gasteiger partial charge >= 0.3 is 5.51 Å². The molecule has 0 aliphatic heterocycles. The van der Waals surface area contributed by atoms with Crippen molar-refractivity contribution in [3.05, 3.63) is 0 Å². The van der Waals surface area contributed by atoms with Crippen molar-refractivity contribution in [2.75, 3.05) is 19.8 Å². The summed E-state index contributed by atoms with van der Waals surface area (Å²) >= 11 is 0. The highest BCUT2D eigenvalue weighted by atomic mass is 32.2. The van der Waals surface area contributed by atoms with Crippen molar-refractivity contribution >= 4 is 17.9 Å². The highest BCUT2D eigenvalue weighted by molar-refractivity contribution is 7.93. The van der Waals surface area contributed by atoms with Crippen LogP contribution in [0.5, 0.6) is 0 Å². The number of halogens is 3. The lowest BCUT2D eigenvalue weighted by molar-refractivity contribution is -0.0492. The van der Waals surface area contributed by atoms with Crippen LogP contribution in [0.15, 0.2) is 0 Å². The molecule has 0 aromatic heterocycles. The topological polar surface area (TPSA) is 83.8 Å². The van der Waals surface area contributed by atoms with Crippen LogP contribution in [0.3, 0.4) is 0 Å². The zero-order valence-electron chi connectivity index (χ0n) is 7.78. The molecule has 15 heavy (non-hydrogen) atoms. The maximum Gasteiger partial charge on any atom is 0.498 e. The normalized spacial score (nSPS) is 14.2. The second kappa shape index (κ2) is 4.68. The van der Waals surface area contributed by atoms with Crippen LogP contribution in [0.1, 0.15) is 0 Å². The average molecular weight is 250 g/mol. The Kier molecular flexibility index (Phi) is 4.58. The first-order chi connectivity index (χ1) is 6.68. The van der Waals surface area contributed by atoms with E-state index >= 15 is 0 Å². The van der Waals surface area contributed by atoms with E-state index in [0.29, 0.717) is 0 Å². The Hall–Kier alpha value is -0.315. The van der Waals surface area contributed by atoms with Gasteiger partial charge in [0, 0.05) is 0 Å². The van der Waals surface area contributed by atoms with Crippen LogP contribution >= 0.6 is 0 Å². The van der Waals surface area contributed by atoms with Crippen LogP contribution in [0.2, 0.25) is 0 Å². The zero-order valence-corrected chi connectivity index (χ0v) is 8.60. The Morgan fingerprint density at radius 3 is 1.80 bits per heavy atom. The van der Waals surface area contributed by atoms with Gasteiger partial charge < -0.3 is 14.9 Å². The van der Waals surface area contributed by atoms with E-state index in [2.05, 4.69) is 4.65 Å². The summed E-state index contributed by atoms with van der Waals surface area (Å²) in [5.41, 5.74) is -5.54. The van der Waals surface area contributed by atoms with Gasteiger partial charge in [-0.15, -0.1) is 0 Å². The van der Waals surface area contributed by atoms with Crippen LogP contribution in [-0.2, 0) is 14.5 Å². The van der Waals surface area contributed by atoms with Crippen molar-refractivity contribution in [1.29, 1.82) is 0 Å². The predicted octanol–water partition coefficient (Wildman–Crippen LogP) is -1.79. The number of rotatable bonds is 5. The molecule has 5 nitrogen and oxygen atoms in total. The molecule has 2 N–H and O–H groups in total. The first-order valence-electron chi connectivity index (χ1n) is 3.70. The summed E-state index contributed by atoms with van der Waals surface area (Å²) in [6.45, 7) is -3.69. The molecule has 0 aliphatic carbocycles. The fourth-order valence-electron chi connectivity index (χ4n) is 0.897. The summed E-state index contributed by atoms with van der Waals surface area (Å²) in [6.07, 6.45) is 0. The van der Waals surface area contributed by atoms with Gasteiger partial charge in [0.15, 0.2) is 0 Å². The molecule has 0 spiro atoms. The van der Waals surface area contributed by atoms with Gasteiger partial charge in [0.05, 0.1) is 19.8 Å². The Morgan fingerprint density at radius 2 is 1.60 bits per heavy atom. The highest BCUT2D eigenvalue weighted by Crippen LogP contribution is 2.33. The third-order valence-corrected chi connectivity index (χ3v) is 3.98. The Labute approximate surface area is 85.2 Å². The first kappa shape index (κ1) is 14.7. The molecular formula is C5H10BF3O5S. The van der Waals surface area contributed by atoms with Crippen LogP contribution in [0.25, 0.3) is 0 Å². The number of hydrogen-bond acceptors (Lipinski definition) is 5. The van der Waals surface area contributed by atoms with Gasteiger partial charge in [-0.25, -0.2) is 8.42 Å². The fraction of sp³-hybridized carbons (Fsp3) is 1.00. The number of sulfone groups is 1. The molecule has 90 valence electrons. The number of alkyl halides is 3. The van der Waals surface area contributed by atoms with E-state index in [-0.39, 0.29) is 0 Å². The van der Waals surface area contributed by atoms with Gasteiger partial charge in [-0.1, -0.05) is 0 Å². The molecule has 0 atom stereocenters. The second-order valence-corrected chi connectivity index (χ2v) is 5.22. The first-order valence-corrected chi connectivity index (χ1v) is 5.18. The largest absolute Gasteiger partial charge is 0.498 e. The molecule has 0 bridgehead atoms. The van der Waals surface area contributed by atoms with Crippen LogP contribution in [0, 0.1) is 0 Å². The van der Waals surface area contributed by atoms with Crippen molar-refractivity contribution in [2.45, 2.75) is 10.3 Å². The van der Waals surface area contributed by atoms with Gasteiger partial charge in [-0.3, -0.25) is 0 Å². The summed E-state index contributed by atoms with van der Waals surface area (Å²) in [5, 5.41) is 17.4. The quantitative estimate of drug-likeness (QED) is 0.563. The third kappa shape index (κ3) is 2.44. The minimum absolute atomic E-state index is 0.943. The molecule has 0 saturated heterocycles. The fourth-order valence-corrected chi connectivity index (χ4v) is 2.00. The Bertz CT molecular complexity index is 296. The standard InChI is InChI=1S/C5H10BF3O5S/c6-14-3-4(1-10,2-11)15(12,13)5(7,8)9/h10-11H,1-3,6H2. The minimum atomic E-state index is -5.69. The Balaban J connectivity index is 5.45. The molecule has 0 saturated carbocycles. The third-order valence-electron chi connectivity index (χ3n) is 1.86. The summed E-state index contributed by atoms with van der Waals surface area (Å²) in [7, 11) is -4.72. The van der Waals surface area contributed by atoms with Crippen molar-refractivity contribution in [1.82, 2.24) is 0 Å². The van der Waals surface area contributed by atoms with E-state index in [9.17, 15) is 21.6 Å². The molecule has 0 fully saturated rings. The summed E-state index contributed by atoms with van der Waals surface area (Å²) in [4.78, 5) is 0. The van der Waals surface area contributed by atoms with Crippen LogP contribution < -0.4 is 0 Å². The maximum atomic E-state index is 12.2. The van der Waals surface area contributed by atoms with Crippen molar-refractivity contribution in [3.63, 3.8) is 0 Å². The van der Waals surface area contributed by atoms with E-state index in [0.717, 1.165) is 8.05 Å². The lowest BCUT2D eigenvalue weighted by Gasteiger charge is -2.29. The summed E-state index contributed by atoms with van der Waals surface area (Å²) in [6, 6.07) is 0. The second-order valence-electron chi connectivity index (χ2n) is 2.88. The molecule has 0 aromatic rings. The molecule has 0 aliphatic rings. The monoisotopic (exact) mass is 250 g/mol. The number of aliphatic hydroxyl groups excluding tert-OH is 2. The molecule has 0 unspecified atom stereocenters. The Morgan fingerprint density at radius 1 is 1.20 bits per heavy atom. The molecule has 0 aromatic carbocycles. The lowest BCUT2D eigenvalue weighted by atomic mass is 10.2. The smallest absolute Gasteiger partial charge is 0.442 e. The van der Waals surface area contributed by atoms with Crippen molar-refractivity contribution in [3.8, 4) is 0 Å². The average Bonchev–Trinajstić information content (AvgIpc) is 2.12. The van der Waals surface area contributed by atoms with E-state index in [1.54, 1.807) is 0 Å². The van der Waals surface area contributed by atoms with Crippen LogP contribution in [0.4, 0.5) is 13.2 Å². The minimum Gasteiger partial charge on any atom is -0.442 e. The SMILES string of the molecule is BOCC(CO)(CO)S(=O)(=O)C(F)(F)F. The van der Waals surface area contributed by atoms with E-state index < -0.39 is 39.9 Å². The van der Waals surface area contributed by atoms with E-state index in [1.165, 1.54) is 0 Å². The van der Waals surface area contributed by atoms with Gasteiger partial charge in [0.25, 0.3) is 17.9 Å². The zero-order chi connectivity index (χ0) is 12.3. The van der Waals surface area contributed by atoms with Crippen molar-refractivity contribution < 1.29 is 36.5 Å². The molecule has 0 rings (SSSR count). The number of hydrogen-bond donors (Lipinski definition) is 2.